The van der Waals surface area contributed by atoms with E-state index in [4.69, 9.17) is 16.3 Å². The van der Waals surface area contributed by atoms with E-state index in [1.165, 1.54) is 12.1 Å². The van der Waals surface area contributed by atoms with Gasteiger partial charge in [0.1, 0.15) is 0 Å². The highest BCUT2D eigenvalue weighted by molar-refractivity contribution is 7.91. The average Bonchev–Trinajstić information content (AvgIpc) is 3.15. The molecule has 8 heteroatoms. The number of ether oxygens (including phenoxy) is 1. The van der Waals surface area contributed by atoms with Crippen molar-refractivity contribution in [3.05, 3.63) is 65.8 Å². The van der Waals surface area contributed by atoms with Gasteiger partial charge in [0, 0.05) is 17.3 Å². The Morgan fingerprint density at radius 2 is 1.67 bits per heavy atom. The number of halogens is 1. The van der Waals surface area contributed by atoms with Gasteiger partial charge in [0.05, 0.1) is 22.1 Å². The molecule has 0 atom stereocenters. The second-order valence-electron chi connectivity index (χ2n) is 5.86. The average molecular weight is 406 g/mol. The van der Waals surface area contributed by atoms with Gasteiger partial charge in [-0.3, -0.25) is 0 Å². The topological polar surface area (TPSA) is 73.2 Å². The van der Waals surface area contributed by atoms with Crippen molar-refractivity contribution in [1.82, 2.24) is 15.1 Å². The molecule has 0 amide bonds. The standard InChI is InChI=1S/C19H20ClN3O3S/c1-21-12-2-14-26-19-11-13-23(22-19)16-5-9-18(10-6-16)27(24,25)17-7-3-15(20)4-8-17/h3-11,13,21H,2,12,14H2,1H3. The molecule has 0 spiro atoms. The molecule has 6 nitrogen and oxygen atoms in total. The molecule has 3 aromatic rings. The number of sulfone groups is 1. The van der Waals surface area contributed by atoms with Crippen LogP contribution in [0.3, 0.4) is 0 Å². The maximum Gasteiger partial charge on any atom is 0.233 e. The lowest BCUT2D eigenvalue weighted by Gasteiger charge is -2.07. The third-order valence-corrected chi connectivity index (χ3v) is 5.96. The fourth-order valence-electron chi connectivity index (χ4n) is 2.48. The summed E-state index contributed by atoms with van der Waals surface area (Å²) in [5.41, 5.74) is 0.745. The van der Waals surface area contributed by atoms with Gasteiger partial charge in [-0.1, -0.05) is 11.6 Å². The summed E-state index contributed by atoms with van der Waals surface area (Å²) in [6.45, 7) is 1.46. The van der Waals surface area contributed by atoms with Crippen molar-refractivity contribution in [2.24, 2.45) is 0 Å². The van der Waals surface area contributed by atoms with Crippen LogP contribution in [0.4, 0.5) is 0 Å². The molecule has 0 saturated carbocycles. The molecular weight excluding hydrogens is 386 g/mol. The maximum atomic E-state index is 12.7. The Bertz CT molecular complexity index is 984. The Kier molecular flexibility index (Phi) is 6.15. The molecule has 27 heavy (non-hydrogen) atoms. The van der Waals surface area contributed by atoms with E-state index < -0.39 is 9.84 Å². The van der Waals surface area contributed by atoms with E-state index in [2.05, 4.69) is 10.4 Å². The summed E-state index contributed by atoms with van der Waals surface area (Å²) in [4.78, 5) is 0.417. The van der Waals surface area contributed by atoms with Gasteiger partial charge in [-0.25, -0.2) is 13.1 Å². The zero-order valence-corrected chi connectivity index (χ0v) is 16.4. The van der Waals surface area contributed by atoms with Crippen molar-refractivity contribution in [3.8, 4) is 11.6 Å². The van der Waals surface area contributed by atoms with Gasteiger partial charge >= 0.3 is 0 Å². The summed E-state index contributed by atoms with van der Waals surface area (Å²) < 4.78 is 32.6. The zero-order valence-electron chi connectivity index (χ0n) is 14.8. The van der Waals surface area contributed by atoms with E-state index >= 15 is 0 Å². The first kappa shape index (κ1) is 19.4. The van der Waals surface area contributed by atoms with Crippen LogP contribution >= 0.6 is 11.6 Å². The van der Waals surface area contributed by atoms with Crippen molar-refractivity contribution >= 4 is 21.4 Å². The molecule has 0 radical (unpaired) electrons. The Balaban J connectivity index is 1.74. The summed E-state index contributed by atoms with van der Waals surface area (Å²) >= 11 is 5.83. The van der Waals surface area contributed by atoms with Crippen LogP contribution in [-0.2, 0) is 9.84 Å². The first-order valence-corrected chi connectivity index (χ1v) is 10.3. The van der Waals surface area contributed by atoms with Crippen LogP contribution in [0.5, 0.6) is 5.88 Å². The van der Waals surface area contributed by atoms with Gasteiger partial charge in [0.25, 0.3) is 0 Å². The normalized spacial score (nSPS) is 11.5. The zero-order chi connectivity index (χ0) is 19.3. The van der Waals surface area contributed by atoms with Crippen molar-refractivity contribution in [1.29, 1.82) is 0 Å². The van der Waals surface area contributed by atoms with Crippen molar-refractivity contribution in [3.63, 3.8) is 0 Å². The lowest BCUT2D eigenvalue weighted by atomic mass is 10.3. The van der Waals surface area contributed by atoms with Crippen LogP contribution in [-0.4, -0.2) is 38.4 Å². The van der Waals surface area contributed by atoms with Crippen LogP contribution in [0.2, 0.25) is 5.02 Å². The van der Waals surface area contributed by atoms with Crippen LogP contribution in [0.1, 0.15) is 6.42 Å². The number of hydrogen-bond donors (Lipinski definition) is 1. The van der Waals surface area contributed by atoms with Gasteiger partial charge in [0.15, 0.2) is 0 Å². The minimum absolute atomic E-state index is 0.205. The summed E-state index contributed by atoms with van der Waals surface area (Å²) in [5, 5.41) is 7.90. The van der Waals surface area contributed by atoms with E-state index in [-0.39, 0.29) is 9.79 Å². The third-order valence-electron chi connectivity index (χ3n) is 3.92. The number of rotatable bonds is 8. The smallest absolute Gasteiger partial charge is 0.233 e. The molecule has 1 aromatic heterocycles. The van der Waals surface area contributed by atoms with Crippen LogP contribution in [0.25, 0.3) is 5.69 Å². The van der Waals surface area contributed by atoms with Crippen LogP contribution < -0.4 is 10.1 Å². The number of aromatic nitrogens is 2. The molecule has 0 aliphatic rings. The number of benzene rings is 2. The molecule has 0 aliphatic carbocycles. The van der Waals surface area contributed by atoms with Crippen molar-refractivity contribution < 1.29 is 13.2 Å². The molecule has 3 rings (SSSR count). The van der Waals surface area contributed by atoms with E-state index in [1.807, 2.05) is 7.05 Å². The third kappa shape index (κ3) is 4.68. The Labute approximate surface area is 163 Å². The Morgan fingerprint density at radius 3 is 2.30 bits per heavy atom. The van der Waals surface area contributed by atoms with E-state index in [0.717, 1.165) is 18.7 Å². The number of hydrogen-bond acceptors (Lipinski definition) is 5. The highest BCUT2D eigenvalue weighted by Gasteiger charge is 2.17. The molecule has 1 N–H and O–H groups in total. The van der Waals surface area contributed by atoms with Crippen LogP contribution in [0.15, 0.2) is 70.6 Å². The Hall–Kier alpha value is -2.35. The predicted octanol–water partition coefficient (Wildman–Crippen LogP) is 3.35. The highest BCUT2D eigenvalue weighted by Crippen LogP contribution is 2.23. The van der Waals surface area contributed by atoms with Gasteiger partial charge in [-0.05, 0) is 68.5 Å². The number of nitrogens with one attached hydrogen (secondary N) is 1. The summed E-state index contributed by atoms with van der Waals surface area (Å²) in [6, 6.07) is 14.4. The molecule has 0 bridgehead atoms. The minimum Gasteiger partial charge on any atom is -0.477 e. The van der Waals surface area contributed by atoms with Gasteiger partial charge in [-0.15, -0.1) is 5.10 Å². The lowest BCUT2D eigenvalue weighted by molar-refractivity contribution is 0.296. The molecule has 0 fully saturated rings. The molecule has 2 aromatic carbocycles. The quantitative estimate of drug-likeness (QED) is 0.582. The second-order valence-corrected chi connectivity index (χ2v) is 8.24. The molecule has 0 unspecified atom stereocenters. The molecule has 142 valence electrons. The van der Waals surface area contributed by atoms with Crippen LogP contribution in [0, 0.1) is 0 Å². The Morgan fingerprint density at radius 1 is 1.04 bits per heavy atom. The molecule has 0 saturated heterocycles. The molecular formula is C19H20ClN3O3S. The SMILES string of the molecule is CNCCCOc1ccn(-c2ccc(S(=O)(=O)c3ccc(Cl)cc3)cc2)n1. The van der Waals surface area contributed by atoms with Gasteiger partial charge < -0.3 is 10.1 Å². The molecule has 1 heterocycles. The summed E-state index contributed by atoms with van der Waals surface area (Å²) in [5.74, 6) is 0.531. The highest BCUT2D eigenvalue weighted by atomic mass is 35.5. The predicted molar refractivity (Wildman–Crippen MR) is 105 cm³/mol. The monoisotopic (exact) mass is 405 g/mol. The molecule has 0 aliphatic heterocycles. The maximum absolute atomic E-state index is 12.7. The van der Waals surface area contributed by atoms with Gasteiger partial charge in [-0.2, -0.15) is 0 Å². The lowest BCUT2D eigenvalue weighted by Crippen LogP contribution is -2.11. The van der Waals surface area contributed by atoms with E-state index in [1.54, 1.807) is 53.3 Å². The van der Waals surface area contributed by atoms with Gasteiger partial charge in [0.2, 0.25) is 15.7 Å². The largest absolute Gasteiger partial charge is 0.477 e. The summed E-state index contributed by atoms with van der Waals surface area (Å²) in [6.07, 6.45) is 2.66. The van der Waals surface area contributed by atoms with Crippen molar-refractivity contribution in [2.45, 2.75) is 16.2 Å². The first-order valence-electron chi connectivity index (χ1n) is 8.45. The fraction of sp³-hybridized carbons (Fsp3) is 0.211. The van der Waals surface area contributed by atoms with E-state index in [9.17, 15) is 8.42 Å². The number of nitrogens with zero attached hydrogens (tertiary/aromatic N) is 2. The minimum atomic E-state index is -3.59. The van der Waals surface area contributed by atoms with E-state index in [0.29, 0.717) is 17.5 Å². The second kappa shape index (κ2) is 8.56. The fourth-order valence-corrected chi connectivity index (χ4v) is 3.87. The summed E-state index contributed by atoms with van der Waals surface area (Å²) in [7, 11) is -1.69. The van der Waals surface area contributed by atoms with Crippen molar-refractivity contribution in [2.75, 3.05) is 20.2 Å². The first-order chi connectivity index (χ1) is 13.0.